The summed E-state index contributed by atoms with van der Waals surface area (Å²) in [5.41, 5.74) is -0.981. The standard InChI is InChI=1S/C11H18N4O2S/c1-15-4-5-18-6-8(15)9-13-10(17-14-9)11(16)2-3-12-7-11/h8,12,16H,2-7H2,1H3. The first kappa shape index (κ1) is 12.4. The van der Waals surface area contributed by atoms with Gasteiger partial charge in [-0.1, -0.05) is 5.16 Å². The van der Waals surface area contributed by atoms with Gasteiger partial charge in [0.15, 0.2) is 11.4 Å². The first-order valence-electron chi connectivity index (χ1n) is 6.24. The fraction of sp³-hybridized carbons (Fsp3) is 0.818. The molecule has 0 bridgehead atoms. The van der Waals surface area contributed by atoms with Gasteiger partial charge >= 0.3 is 0 Å². The van der Waals surface area contributed by atoms with Gasteiger partial charge in [0.05, 0.1) is 6.04 Å². The molecular weight excluding hydrogens is 252 g/mol. The van der Waals surface area contributed by atoms with Crippen LogP contribution in [0, 0.1) is 0 Å². The monoisotopic (exact) mass is 270 g/mol. The van der Waals surface area contributed by atoms with Crippen molar-refractivity contribution in [2.75, 3.05) is 38.2 Å². The summed E-state index contributed by atoms with van der Waals surface area (Å²) in [4.78, 5) is 6.65. The number of aromatic nitrogens is 2. The molecule has 1 aromatic heterocycles. The number of rotatable bonds is 2. The van der Waals surface area contributed by atoms with Crippen molar-refractivity contribution in [1.82, 2.24) is 20.4 Å². The average molecular weight is 270 g/mol. The fourth-order valence-electron chi connectivity index (χ4n) is 2.38. The molecule has 0 spiro atoms. The van der Waals surface area contributed by atoms with Gasteiger partial charge in [-0.05, 0) is 20.0 Å². The van der Waals surface area contributed by atoms with E-state index in [4.69, 9.17) is 4.52 Å². The summed E-state index contributed by atoms with van der Waals surface area (Å²) in [6, 6.07) is 0.194. The molecule has 2 saturated heterocycles. The van der Waals surface area contributed by atoms with Crippen LogP contribution >= 0.6 is 11.8 Å². The van der Waals surface area contributed by atoms with Crippen molar-refractivity contribution in [3.05, 3.63) is 11.7 Å². The van der Waals surface area contributed by atoms with Gasteiger partial charge in [-0.25, -0.2) is 0 Å². The van der Waals surface area contributed by atoms with Gasteiger partial charge in [-0.15, -0.1) is 0 Å². The average Bonchev–Trinajstić information content (AvgIpc) is 2.99. The van der Waals surface area contributed by atoms with E-state index >= 15 is 0 Å². The van der Waals surface area contributed by atoms with Crippen molar-refractivity contribution >= 4 is 11.8 Å². The Labute approximate surface area is 110 Å². The highest BCUT2D eigenvalue weighted by atomic mass is 32.2. The maximum Gasteiger partial charge on any atom is 0.260 e. The van der Waals surface area contributed by atoms with Gasteiger partial charge in [-0.3, -0.25) is 4.90 Å². The van der Waals surface area contributed by atoms with Gasteiger partial charge in [0.1, 0.15) is 0 Å². The first-order valence-corrected chi connectivity index (χ1v) is 7.40. The quantitative estimate of drug-likeness (QED) is 0.781. The number of nitrogens with zero attached hydrogens (tertiary/aromatic N) is 3. The number of thioether (sulfide) groups is 1. The second kappa shape index (κ2) is 4.80. The minimum atomic E-state index is -0.981. The molecule has 1 aromatic rings. The highest BCUT2D eigenvalue weighted by molar-refractivity contribution is 7.99. The maximum absolute atomic E-state index is 10.4. The molecule has 0 aliphatic carbocycles. The molecule has 3 rings (SSSR count). The van der Waals surface area contributed by atoms with E-state index in [1.54, 1.807) is 0 Å². The number of nitrogens with one attached hydrogen (secondary N) is 1. The predicted octanol–water partition coefficient (Wildman–Crippen LogP) is -0.0298. The molecule has 100 valence electrons. The third kappa shape index (κ3) is 2.16. The van der Waals surface area contributed by atoms with Crippen LogP contribution in [0.3, 0.4) is 0 Å². The molecular formula is C11H18N4O2S. The number of hydrogen-bond donors (Lipinski definition) is 2. The van der Waals surface area contributed by atoms with Gasteiger partial charge < -0.3 is 14.9 Å². The zero-order chi connectivity index (χ0) is 12.6. The predicted molar refractivity (Wildman–Crippen MR) is 68.4 cm³/mol. The van der Waals surface area contributed by atoms with Crippen LogP contribution in [0.25, 0.3) is 0 Å². The minimum Gasteiger partial charge on any atom is -0.379 e. The molecule has 2 fully saturated rings. The summed E-state index contributed by atoms with van der Waals surface area (Å²) in [6.45, 7) is 2.31. The van der Waals surface area contributed by atoms with E-state index in [0.29, 0.717) is 24.7 Å². The summed E-state index contributed by atoms with van der Waals surface area (Å²) in [6.07, 6.45) is 0.629. The molecule has 7 heteroatoms. The van der Waals surface area contributed by atoms with Crippen LogP contribution in [0.5, 0.6) is 0 Å². The normalized spacial score (nSPS) is 34.0. The zero-order valence-electron chi connectivity index (χ0n) is 10.4. The second-order valence-corrected chi connectivity index (χ2v) is 6.14. The van der Waals surface area contributed by atoms with Gasteiger partial charge in [-0.2, -0.15) is 16.7 Å². The largest absolute Gasteiger partial charge is 0.379 e. The lowest BCUT2D eigenvalue weighted by atomic mass is 10.0. The topological polar surface area (TPSA) is 74.4 Å². The van der Waals surface area contributed by atoms with Gasteiger partial charge in [0.25, 0.3) is 5.89 Å². The Kier molecular flexibility index (Phi) is 3.31. The minimum absolute atomic E-state index is 0.194. The zero-order valence-corrected chi connectivity index (χ0v) is 11.2. The Hall–Kier alpha value is -0.630. The van der Waals surface area contributed by atoms with E-state index < -0.39 is 5.60 Å². The van der Waals surface area contributed by atoms with Gasteiger partial charge in [0, 0.05) is 24.6 Å². The van der Waals surface area contributed by atoms with Crippen LogP contribution in [0.4, 0.5) is 0 Å². The summed E-state index contributed by atoms with van der Waals surface area (Å²) >= 11 is 1.90. The number of hydrogen-bond acceptors (Lipinski definition) is 7. The van der Waals surface area contributed by atoms with Crippen LogP contribution < -0.4 is 5.32 Å². The molecule has 18 heavy (non-hydrogen) atoms. The molecule has 2 aliphatic rings. The Morgan fingerprint density at radius 2 is 2.50 bits per heavy atom. The summed E-state index contributed by atoms with van der Waals surface area (Å²) in [5, 5.41) is 17.5. The smallest absolute Gasteiger partial charge is 0.260 e. The van der Waals surface area contributed by atoms with Crippen LogP contribution in [-0.4, -0.2) is 58.3 Å². The lowest BCUT2D eigenvalue weighted by molar-refractivity contribution is 0.0243. The van der Waals surface area contributed by atoms with E-state index in [-0.39, 0.29) is 6.04 Å². The lowest BCUT2D eigenvalue weighted by Gasteiger charge is -2.29. The summed E-state index contributed by atoms with van der Waals surface area (Å²) in [5.74, 6) is 3.17. The van der Waals surface area contributed by atoms with Crippen molar-refractivity contribution in [3.8, 4) is 0 Å². The summed E-state index contributed by atoms with van der Waals surface area (Å²) in [7, 11) is 2.08. The van der Waals surface area contributed by atoms with Crippen LogP contribution in [0.15, 0.2) is 4.52 Å². The van der Waals surface area contributed by atoms with E-state index in [2.05, 4.69) is 27.4 Å². The number of aliphatic hydroxyl groups is 1. The third-order valence-electron chi connectivity index (χ3n) is 3.67. The fourth-order valence-corrected chi connectivity index (χ4v) is 3.59. The third-order valence-corrected chi connectivity index (χ3v) is 4.69. The Morgan fingerprint density at radius 1 is 1.61 bits per heavy atom. The molecule has 0 radical (unpaired) electrons. The van der Waals surface area contributed by atoms with Crippen molar-refractivity contribution in [2.45, 2.75) is 18.1 Å². The van der Waals surface area contributed by atoms with E-state index in [1.165, 1.54) is 0 Å². The highest BCUT2D eigenvalue weighted by Gasteiger charge is 2.39. The maximum atomic E-state index is 10.4. The first-order chi connectivity index (χ1) is 8.69. The molecule has 2 unspecified atom stereocenters. The van der Waals surface area contributed by atoms with Crippen molar-refractivity contribution in [1.29, 1.82) is 0 Å². The van der Waals surface area contributed by atoms with Crippen molar-refractivity contribution in [3.63, 3.8) is 0 Å². The van der Waals surface area contributed by atoms with E-state index in [9.17, 15) is 5.11 Å². The van der Waals surface area contributed by atoms with Gasteiger partial charge in [0.2, 0.25) is 0 Å². The Balaban J connectivity index is 1.80. The molecule has 0 saturated carbocycles. The molecule has 2 atom stereocenters. The van der Waals surface area contributed by atoms with E-state index in [1.807, 2.05) is 11.8 Å². The second-order valence-electron chi connectivity index (χ2n) is 4.99. The highest BCUT2D eigenvalue weighted by Crippen LogP contribution is 2.30. The molecule has 2 N–H and O–H groups in total. The van der Waals surface area contributed by atoms with Crippen LogP contribution in [-0.2, 0) is 5.60 Å². The van der Waals surface area contributed by atoms with Crippen LogP contribution in [0.2, 0.25) is 0 Å². The lowest BCUT2D eigenvalue weighted by Crippen LogP contribution is -2.33. The SMILES string of the molecule is CN1CCSCC1c1noc(C2(O)CCNC2)n1. The van der Waals surface area contributed by atoms with Crippen molar-refractivity contribution in [2.24, 2.45) is 0 Å². The molecule has 0 amide bonds. The Morgan fingerprint density at radius 3 is 3.22 bits per heavy atom. The Bertz CT molecular complexity index is 419. The molecule has 2 aliphatic heterocycles. The van der Waals surface area contributed by atoms with E-state index in [0.717, 1.165) is 24.6 Å². The number of β-amino-alcohol motifs (C(OH)–C–C–N with tert-alkyl or cyclic N) is 1. The molecule has 0 aromatic carbocycles. The molecule has 3 heterocycles. The molecule has 6 nitrogen and oxygen atoms in total. The van der Waals surface area contributed by atoms with Crippen LogP contribution in [0.1, 0.15) is 24.2 Å². The van der Waals surface area contributed by atoms with Crippen molar-refractivity contribution < 1.29 is 9.63 Å². The summed E-state index contributed by atoms with van der Waals surface area (Å²) < 4.78 is 5.27.